The Labute approximate surface area is 144 Å². The first-order valence-electron chi connectivity index (χ1n) is 9.37. The maximum atomic E-state index is 13.0. The highest BCUT2D eigenvalue weighted by atomic mass is 16.5. The molecule has 0 aromatic carbocycles. The van der Waals surface area contributed by atoms with Crippen LogP contribution in [0.15, 0.2) is 22.8 Å². The molecular formula is C19H30N2O3. The SMILES string of the molecule is CCN(CC1CCOCC1)C(=O)C1CCCN(Cc2ccco2)C1. The Hall–Kier alpha value is -1.33. The number of carbonyl (C=O) groups excluding carboxylic acids is 1. The van der Waals surface area contributed by atoms with E-state index in [-0.39, 0.29) is 5.92 Å². The Balaban J connectivity index is 1.53. The molecule has 134 valence electrons. The minimum atomic E-state index is 0.133. The van der Waals surface area contributed by atoms with Gasteiger partial charge in [-0.05, 0) is 57.2 Å². The van der Waals surface area contributed by atoms with Crippen molar-refractivity contribution in [3.05, 3.63) is 24.2 Å². The predicted molar refractivity (Wildman–Crippen MR) is 92.5 cm³/mol. The molecule has 0 aliphatic carbocycles. The molecule has 0 saturated carbocycles. The fourth-order valence-electron chi connectivity index (χ4n) is 3.90. The van der Waals surface area contributed by atoms with Gasteiger partial charge in [-0.2, -0.15) is 0 Å². The average molecular weight is 334 g/mol. The van der Waals surface area contributed by atoms with E-state index in [2.05, 4.69) is 16.7 Å². The molecule has 5 nitrogen and oxygen atoms in total. The average Bonchev–Trinajstić information content (AvgIpc) is 3.13. The van der Waals surface area contributed by atoms with Gasteiger partial charge in [0.1, 0.15) is 5.76 Å². The summed E-state index contributed by atoms with van der Waals surface area (Å²) in [6.07, 6.45) is 5.98. The smallest absolute Gasteiger partial charge is 0.226 e. The molecule has 1 atom stereocenters. The second-order valence-electron chi connectivity index (χ2n) is 7.09. The number of nitrogens with zero attached hydrogens (tertiary/aromatic N) is 2. The van der Waals surface area contributed by atoms with Crippen LogP contribution in [0.2, 0.25) is 0 Å². The number of likely N-dealkylation sites (tertiary alicyclic amines) is 1. The third-order valence-electron chi connectivity index (χ3n) is 5.33. The number of carbonyl (C=O) groups is 1. The van der Waals surface area contributed by atoms with Gasteiger partial charge < -0.3 is 14.1 Å². The summed E-state index contributed by atoms with van der Waals surface area (Å²) in [5.41, 5.74) is 0. The molecule has 1 aromatic rings. The molecule has 5 heteroatoms. The fraction of sp³-hybridized carbons (Fsp3) is 0.737. The van der Waals surface area contributed by atoms with Gasteiger partial charge in [0.15, 0.2) is 0 Å². The lowest BCUT2D eigenvalue weighted by Gasteiger charge is -2.36. The van der Waals surface area contributed by atoms with E-state index in [9.17, 15) is 4.79 Å². The normalized spacial score (nSPS) is 23.3. The summed E-state index contributed by atoms with van der Waals surface area (Å²) in [5, 5.41) is 0. The van der Waals surface area contributed by atoms with Crippen LogP contribution in [-0.2, 0) is 16.1 Å². The quantitative estimate of drug-likeness (QED) is 0.802. The summed E-state index contributed by atoms with van der Waals surface area (Å²) in [4.78, 5) is 17.4. The minimum absolute atomic E-state index is 0.133. The van der Waals surface area contributed by atoms with Crippen molar-refractivity contribution in [2.75, 3.05) is 39.4 Å². The summed E-state index contributed by atoms with van der Waals surface area (Å²) in [5.74, 6) is 2.06. The van der Waals surface area contributed by atoms with E-state index in [1.807, 2.05) is 12.1 Å². The monoisotopic (exact) mass is 334 g/mol. The van der Waals surface area contributed by atoms with Gasteiger partial charge in [0, 0.05) is 32.8 Å². The van der Waals surface area contributed by atoms with Crippen molar-refractivity contribution >= 4 is 5.91 Å². The van der Waals surface area contributed by atoms with E-state index in [0.29, 0.717) is 11.8 Å². The van der Waals surface area contributed by atoms with Crippen molar-refractivity contribution in [2.45, 2.75) is 39.2 Å². The number of furan rings is 1. The van der Waals surface area contributed by atoms with E-state index >= 15 is 0 Å². The first-order chi connectivity index (χ1) is 11.8. The molecule has 1 unspecified atom stereocenters. The van der Waals surface area contributed by atoms with Crippen LogP contribution in [0.25, 0.3) is 0 Å². The molecule has 1 amide bonds. The Morgan fingerprint density at radius 1 is 1.33 bits per heavy atom. The van der Waals surface area contributed by atoms with Crippen LogP contribution in [0.4, 0.5) is 0 Å². The summed E-state index contributed by atoms with van der Waals surface area (Å²) in [6.45, 7) is 8.20. The second kappa shape index (κ2) is 8.67. The van der Waals surface area contributed by atoms with E-state index in [1.54, 1.807) is 6.26 Å². The lowest BCUT2D eigenvalue weighted by Crippen LogP contribution is -2.46. The molecule has 3 heterocycles. The molecule has 2 fully saturated rings. The largest absolute Gasteiger partial charge is 0.468 e. The van der Waals surface area contributed by atoms with E-state index in [1.165, 1.54) is 0 Å². The maximum Gasteiger partial charge on any atom is 0.226 e. The number of amides is 1. The molecule has 1 aromatic heterocycles. The van der Waals surface area contributed by atoms with Crippen molar-refractivity contribution in [3.8, 4) is 0 Å². The highest BCUT2D eigenvalue weighted by molar-refractivity contribution is 5.79. The number of piperidine rings is 1. The van der Waals surface area contributed by atoms with Gasteiger partial charge >= 0.3 is 0 Å². The number of hydrogen-bond donors (Lipinski definition) is 0. The minimum Gasteiger partial charge on any atom is -0.468 e. The molecule has 24 heavy (non-hydrogen) atoms. The van der Waals surface area contributed by atoms with Crippen LogP contribution in [0, 0.1) is 11.8 Å². The molecule has 0 N–H and O–H groups in total. The Morgan fingerprint density at radius 2 is 2.17 bits per heavy atom. The lowest BCUT2D eigenvalue weighted by atomic mass is 9.94. The summed E-state index contributed by atoms with van der Waals surface area (Å²) < 4.78 is 10.9. The van der Waals surface area contributed by atoms with Crippen molar-refractivity contribution in [3.63, 3.8) is 0 Å². The zero-order valence-corrected chi connectivity index (χ0v) is 14.8. The first kappa shape index (κ1) is 17.5. The van der Waals surface area contributed by atoms with E-state index in [0.717, 1.165) is 77.4 Å². The van der Waals surface area contributed by atoms with Gasteiger partial charge in [0.05, 0.1) is 18.7 Å². The molecule has 0 spiro atoms. The van der Waals surface area contributed by atoms with Gasteiger partial charge in [0.2, 0.25) is 5.91 Å². The van der Waals surface area contributed by atoms with Crippen LogP contribution in [-0.4, -0.2) is 55.1 Å². The van der Waals surface area contributed by atoms with Crippen LogP contribution >= 0.6 is 0 Å². The third kappa shape index (κ3) is 4.61. The maximum absolute atomic E-state index is 13.0. The number of rotatable bonds is 6. The number of hydrogen-bond acceptors (Lipinski definition) is 4. The van der Waals surface area contributed by atoms with Gasteiger partial charge in [0.25, 0.3) is 0 Å². The van der Waals surface area contributed by atoms with Crippen LogP contribution in [0.3, 0.4) is 0 Å². The van der Waals surface area contributed by atoms with Crippen molar-refractivity contribution in [2.24, 2.45) is 11.8 Å². The highest BCUT2D eigenvalue weighted by Crippen LogP contribution is 2.23. The topological polar surface area (TPSA) is 45.9 Å². The molecular weight excluding hydrogens is 304 g/mol. The van der Waals surface area contributed by atoms with Gasteiger partial charge in [-0.15, -0.1) is 0 Å². The van der Waals surface area contributed by atoms with E-state index < -0.39 is 0 Å². The molecule has 0 bridgehead atoms. The first-order valence-corrected chi connectivity index (χ1v) is 9.37. The Morgan fingerprint density at radius 3 is 2.88 bits per heavy atom. The highest BCUT2D eigenvalue weighted by Gasteiger charge is 2.30. The van der Waals surface area contributed by atoms with Crippen LogP contribution in [0.5, 0.6) is 0 Å². The molecule has 2 aliphatic rings. The van der Waals surface area contributed by atoms with Gasteiger partial charge in [-0.3, -0.25) is 9.69 Å². The molecule has 2 aliphatic heterocycles. The van der Waals surface area contributed by atoms with Crippen molar-refractivity contribution in [1.29, 1.82) is 0 Å². The number of ether oxygens (including phenoxy) is 1. The van der Waals surface area contributed by atoms with Crippen LogP contribution < -0.4 is 0 Å². The molecule has 2 saturated heterocycles. The summed E-state index contributed by atoms with van der Waals surface area (Å²) >= 11 is 0. The Kier molecular flexibility index (Phi) is 6.32. The molecule has 0 radical (unpaired) electrons. The van der Waals surface area contributed by atoms with Crippen molar-refractivity contribution < 1.29 is 13.9 Å². The zero-order chi connectivity index (χ0) is 16.8. The summed E-state index contributed by atoms with van der Waals surface area (Å²) in [6, 6.07) is 3.93. The molecule has 3 rings (SSSR count). The van der Waals surface area contributed by atoms with E-state index in [4.69, 9.17) is 9.15 Å². The van der Waals surface area contributed by atoms with Gasteiger partial charge in [-0.25, -0.2) is 0 Å². The predicted octanol–water partition coefficient (Wildman–Crippen LogP) is 2.77. The summed E-state index contributed by atoms with van der Waals surface area (Å²) in [7, 11) is 0. The van der Waals surface area contributed by atoms with Crippen molar-refractivity contribution in [1.82, 2.24) is 9.80 Å². The third-order valence-corrected chi connectivity index (χ3v) is 5.33. The van der Waals surface area contributed by atoms with Gasteiger partial charge in [-0.1, -0.05) is 0 Å². The van der Waals surface area contributed by atoms with Crippen LogP contribution in [0.1, 0.15) is 38.4 Å². The standard InChI is InChI=1S/C19H30N2O3/c1-2-21(13-16-7-11-23-12-8-16)19(22)17-5-3-9-20(14-17)15-18-6-4-10-24-18/h4,6,10,16-17H,2-3,5,7-9,11-15H2,1H3. The lowest BCUT2D eigenvalue weighted by molar-refractivity contribution is -0.138. The zero-order valence-electron chi connectivity index (χ0n) is 14.8. The second-order valence-corrected chi connectivity index (χ2v) is 7.09. The fourth-order valence-corrected chi connectivity index (χ4v) is 3.90. The Bertz CT molecular complexity index is 497.